The Morgan fingerprint density at radius 2 is 2.09 bits per heavy atom. The van der Waals surface area contributed by atoms with Crippen LogP contribution in [0.4, 0.5) is 0 Å². The molecule has 1 aliphatic rings. The summed E-state index contributed by atoms with van der Waals surface area (Å²) in [6.07, 6.45) is 3.37. The number of amides is 1. The lowest BCUT2D eigenvalue weighted by atomic mass is 10.1. The van der Waals surface area contributed by atoms with Gasteiger partial charge in [-0.25, -0.2) is 4.68 Å². The molecule has 0 aliphatic carbocycles. The van der Waals surface area contributed by atoms with E-state index in [0.29, 0.717) is 24.7 Å². The molecule has 0 bridgehead atoms. The van der Waals surface area contributed by atoms with Crippen molar-refractivity contribution in [1.82, 2.24) is 20.0 Å². The van der Waals surface area contributed by atoms with Crippen LogP contribution < -0.4 is 10.9 Å². The Morgan fingerprint density at radius 1 is 1.36 bits per heavy atom. The fraction of sp³-hybridized carbons (Fsp3) is 0.688. The molecule has 122 valence electrons. The molecule has 1 atom stereocenters. The predicted octanol–water partition coefficient (Wildman–Crippen LogP) is 1.11. The van der Waals surface area contributed by atoms with Crippen molar-refractivity contribution in [2.75, 3.05) is 26.2 Å². The fourth-order valence-electron chi connectivity index (χ4n) is 2.77. The van der Waals surface area contributed by atoms with Gasteiger partial charge in [0.1, 0.15) is 5.69 Å². The molecule has 6 nitrogen and oxygen atoms in total. The van der Waals surface area contributed by atoms with Crippen LogP contribution in [0.15, 0.2) is 16.9 Å². The topological polar surface area (TPSA) is 67.2 Å². The molecule has 0 unspecified atom stereocenters. The molecule has 2 rings (SSSR count). The van der Waals surface area contributed by atoms with Crippen molar-refractivity contribution in [3.05, 3.63) is 28.2 Å². The number of nitrogens with zero attached hydrogens (tertiary/aromatic N) is 3. The monoisotopic (exact) mass is 306 g/mol. The van der Waals surface area contributed by atoms with Gasteiger partial charge in [0.15, 0.2) is 0 Å². The van der Waals surface area contributed by atoms with Gasteiger partial charge >= 0.3 is 0 Å². The highest BCUT2D eigenvalue weighted by molar-refractivity contribution is 5.91. The summed E-state index contributed by atoms with van der Waals surface area (Å²) in [5.74, 6) is 0.196. The van der Waals surface area contributed by atoms with Gasteiger partial charge < -0.3 is 10.2 Å². The quantitative estimate of drug-likeness (QED) is 0.819. The first-order valence-electron chi connectivity index (χ1n) is 8.19. The Hall–Kier alpha value is -1.69. The van der Waals surface area contributed by atoms with E-state index in [-0.39, 0.29) is 11.5 Å². The smallest absolute Gasteiger partial charge is 0.271 e. The van der Waals surface area contributed by atoms with Crippen LogP contribution in [0.2, 0.25) is 0 Å². The summed E-state index contributed by atoms with van der Waals surface area (Å²) in [4.78, 5) is 26.2. The molecule has 0 saturated carbocycles. The lowest BCUT2D eigenvalue weighted by molar-refractivity contribution is 0.0937. The van der Waals surface area contributed by atoms with Crippen molar-refractivity contribution < 1.29 is 4.79 Å². The predicted molar refractivity (Wildman–Crippen MR) is 86.0 cm³/mol. The number of hydrogen-bond acceptors (Lipinski definition) is 4. The zero-order valence-corrected chi connectivity index (χ0v) is 13.5. The molecule has 2 heterocycles. The van der Waals surface area contributed by atoms with E-state index in [0.717, 1.165) is 13.0 Å². The van der Waals surface area contributed by atoms with E-state index in [1.54, 1.807) is 0 Å². The van der Waals surface area contributed by atoms with Gasteiger partial charge in [-0.15, -0.1) is 0 Å². The first-order chi connectivity index (χ1) is 10.6. The Labute approximate surface area is 131 Å². The molecular formula is C16H26N4O2. The Morgan fingerprint density at radius 3 is 2.77 bits per heavy atom. The molecule has 1 N–H and O–H groups in total. The number of nitrogens with one attached hydrogen (secondary N) is 1. The summed E-state index contributed by atoms with van der Waals surface area (Å²) in [6, 6.07) is 2.90. The maximum Gasteiger partial charge on any atom is 0.271 e. The third kappa shape index (κ3) is 4.66. The molecular weight excluding hydrogens is 280 g/mol. The minimum atomic E-state index is -0.210. The number of likely N-dealkylation sites (tertiary alicyclic amines) is 1. The van der Waals surface area contributed by atoms with Crippen molar-refractivity contribution in [2.24, 2.45) is 5.92 Å². The number of hydrogen-bond donors (Lipinski definition) is 1. The van der Waals surface area contributed by atoms with Gasteiger partial charge in [-0.3, -0.25) is 9.59 Å². The number of rotatable bonds is 7. The van der Waals surface area contributed by atoms with Crippen molar-refractivity contribution in [3.8, 4) is 0 Å². The number of carbonyl (C=O) groups excluding carboxylic acids is 1. The number of aromatic nitrogens is 2. The average molecular weight is 306 g/mol. The third-order valence-corrected chi connectivity index (χ3v) is 3.91. The van der Waals surface area contributed by atoms with Gasteiger partial charge in [0.2, 0.25) is 0 Å². The first kappa shape index (κ1) is 16.7. The van der Waals surface area contributed by atoms with Crippen LogP contribution in [-0.4, -0.2) is 46.8 Å². The van der Waals surface area contributed by atoms with E-state index >= 15 is 0 Å². The molecule has 0 spiro atoms. The summed E-state index contributed by atoms with van der Waals surface area (Å²) in [5, 5.41) is 7.04. The van der Waals surface area contributed by atoms with Gasteiger partial charge in [0.05, 0.1) is 0 Å². The minimum absolute atomic E-state index is 0.166. The van der Waals surface area contributed by atoms with Crippen molar-refractivity contribution >= 4 is 5.91 Å². The van der Waals surface area contributed by atoms with Gasteiger partial charge in [-0.2, -0.15) is 5.10 Å². The highest BCUT2D eigenvalue weighted by Gasteiger charge is 2.16. The van der Waals surface area contributed by atoms with Gasteiger partial charge in [0.25, 0.3) is 11.5 Å². The summed E-state index contributed by atoms with van der Waals surface area (Å²) >= 11 is 0. The molecule has 6 heteroatoms. The van der Waals surface area contributed by atoms with E-state index in [1.807, 2.05) is 6.92 Å². The lowest BCUT2D eigenvalue weighted by Gasteiger charge is -2.20. The van der Waals surface area contributed by atoms with E-state index in [4.69, 9.17) is 0 Å². The highest BCUT2D eigenvalue weighted by Crippen LogP contribution is 2.09. The van der Waals surface area contributed by atoms with E-state index < -0.39 is 0 Å². The van der Waals surface area contributed by atoms with E-state index in [1.165, 1.54) is 42.7 Å². The first-order valence-corrected chi connectivity index (χ1v) is 8.19. The summed E-state index contributed by atoms with van der Waals surface area (Å²) in [5.41, 5.74) is 0.141. The average Bonchev–Trinajstić information content (AvgIpc) is 3.00. The van der Waals surface area contributed by atoms with Crippen LogP contribution in [0.25, 0.3) is 0 Å². The zero-order valence-electron chi connectivity index (χ0n) is 13.5. The Bertz CT molecular complexity index is 549. The van der Waals surface area contributed by atoms with Crippen LogP contribution in [0.5, 0.6) is 0 Å². The Balaban J connectivity index is 1.86. The van der Waals surface area contributed by atoms with Crippen molar-refractivity contribution in [3.63, 3.8) is 0 Å². The molecule has 1 fully saturated rings. The summed E-state index contributed by atoms with van der Waals surface area (Å²) < 4.78 is 1.35. The second-order valence-corrected chi connectivity index (χ2v) is 6.10. The van der Waals surface area contributed by atoms with Gasteiger partial charge in [-0.1, -0.05) is 13.8 Å². The summed E-state index contributed by atoms with van der Waals surface area (Å²) in [7, 11) is 0. The molecule has 1 aromatic heterocycles. The Kier molecular flexibility index (Phi) is 6.12. The van der Waals surface area contributed by atoms with Crippen LogP contribution in [-0.2, 0) is 6.54 Å². The van der Waals surface area contributed by atoms with E-state index in [2.05, 4.69) is 22.2 Å². The van der Waals surface area contributed by atoms with E-state index in [9.17, 15) is 9.59 Å². The molecule has 0 aromatic carbocycles. The van der Waals surface area contributed by atoms with Gasteiger partial charge in [-0.05, 0) is 44.3 Å². The van der Waals surface area contributed by atoms with Crippen molar-refractivity contribution in [1.29, 1.82) is 0 Å². The number of aryl methyl sites for hydroxylation is 1. The summed E-state index contributed by atoms with van der Waals surface area (Å²) in [6.45, 7) is 8.63. The van der Waals surface area contributed by atoms with Crippen LogP contribution in [0.1, 0.15) is 43.6 Å². The lowest BCUT2D eigenvalue weighted by Crippen LogP contribution is -2.35. The molecule has 1 aliphatic heterocycles. The van der Waals surface area contributed by atoms with Crippen LogP contribution in [0.3, 0.4) is 0 Å². The minimum Gasteiger partial charge on any atom is -0.350 e. The van der Waals surface area contributed by atoms with Crippen LogP contribution in [0, 0.1) is 5.92 Å². The molecule has 1 saturated heterocycles. The second kappa shape index (κ2) is 8.08. The largest absolute Gasteiger partial charge is 0.350 e. The molecule has 1 amide bonds. The second-order valence-electron chi connectivity index (χ2n) is 6.10. The maximum atomic E-state index is 12.2. The zero-order chi connectivity index (χ0) is 15.9. The maximum absolute atomic E-state index is 12.2. The normalized spacial score (nSPS) is 16.6. The molecule has 1 aromatic rings. The third-order valence-electron chi connectivity index (χ3n) is 3.91. The van der Waals surface area contributed by atoms with Crippen molar-refractivity contribution in [2.45, 2.75) is 39.7 Å². The number of carbonyl (C=O) groups is 1. The molecule has 0 radical (unpaired) electrons. The highest BCUT2D eigenvalue weighted by atomic mass is 16.2. The SMILES string of the molecule is CCCn1nc(C(=O)NC[C@H](C)CN2CCCC2)ccc1=O. The van der Waals surface area contributed by atoms with Gasteiger partial charge in [0, 0.05) is 25.7 Å². The van der Waals surface area contributed by atoms with Crippen LogP contribution >= 0.6 is 0 Å². The fourth-order valence-corrected chi connectivity index (χ4v) is 2.77. The molecule has 22 heavy (non-hydrogen) atoms. The standard InChI is InChI=1S/C16H26N4O2/c1-3-8-20-15(21)7-6-14(18-20)16(22)17-11-13(2)12-19-9-4-5-10-19/h6-7,13H,3-5,8-12H2,1-2H3,(H,17,22)/t13-/m0/s1.